The minimum Gasteiger partial charge on any atom is -0.497 e. The molecule has 0 amide bonds. The van der Waals surface area contributed by atoms with Gasteiger partial charge in [-0.15, -0.1) is 0 Å². The van der Waals surface area contributed by atoms with E-state index < -0.39 is 12.7 Å². The Kier molecular flexibility index (Phi) is 6.96. The molecule has 174 valence electrons. The fourth-order valence-electron chi connectivity index (χ4n) is 4.81. The molecule has 0 aromatic heterocycles. The van der Waals surface area contributed by atoms with Gasteiger partial charge < -0.3 is 14.4 Å². The largest absolute Gasteiger partial charge is 0.497 e. The molecule has 0 bridgehead atoms. The minimum atomic E-state index is -4.12. The van der Waals surface area contributed by atoms with Crippen LogP contribution in [0.3, 0.4) is 0 Å². The van der Waals surface area contributed by atoms with Crippen molar-refractivity contribution in [2.24, 2.45) is 5.92 Å². The summed E-state index contributed by atoms with van der Waals surface area (Å²) in [4.78, 5) is 3.81. The quantitative estimate of drug-likeness (QED) is 0.626. The van der Waals surface area contributed by atoms with E-state index in [4.69, 9.17) is 9.47 Å². The molecule has 1 atom stereocenters. The normalized spacial score (nSPS) is 20.7. The monoisotopic (exact) mass is 448 g/mol. The van der Waals surface area contributed by atoms with Crippen LogP contribution in [0.5, 0.6) is 11.5 Å². The van der Waals surface area contributed by atoms with Gasteiger partial charge in [-0.1, -0.05) is 18.2 Å². The first kappa shape index (κ1) is 22.9. The fourth-order valence-corrected chi connectivity index (χ4v) is 4.81. The van der Waals surface area contributed by atoms with Crippen LogP contribution in [-0.4, -0.2) is 62.9 Å². The van der Waals surface area contributed by atoms with E-state index in [2.05, 4.69) is 36.2 Å². The molecule has 0 spiro atoms. The van der Waals surface area contributed by atoms with Crippen molar-refractivity contribution in [3.63, 3.8) is 0 Å². The maximum Gasteiger partial charge on any atom is 0.401 e. The highest BCUT2D eigenvalue weighted by Gasteiger charge is 2.32. The zero-order chi connectivity index (χ0) is 22.7. The highest BCUT2D eigenvalue weighted by Crippen LogP contribution is 2.35. The lowest BCUT2D eigenvalue weighted by Gasteiger charge is -2.33. The van der Waals surface area contributed by atoms with Crippen molar-refractivity contribution in [2.45, 2.75) is 31.5 Å². The van der Waals surface area contributed by atoms with Crippen molar-refractivity contribution >= 4 is 0 Å². The number of piperidine rings is 1. The Bertz CT molecular complexity index is 893. The second-order valence-electron chi connectivity index (χ2n) is 9.03. The van der Waals surface area contributed by atoms with Gasteiger partial charge in [0.25, 0.3) is 0 Å². The fraction of sp³-hybridized carbons (Fsp3) is 0.520. The lowest BCUT2D eigenvalue weighted by molar-refractivity contribution is -0.148. The Morgan fingerprint density at radius 3 is 2.34 bits per heavy atom. The topological polar surface area (TPSA) is 24.9 Å². The van der Waals surface area contributed by atoms with Crippen molar-refractivity contribution in [2.75, 3.05) is 46.9 Å². The highest BCUT2D eigenvalue weighted by molar-refractivity contribution is 5.45. The third-order valence-electron chi connectivity index (χ3n) is 6.54. The summed E-state index contributed by atoms with van der Waals surface area (Å²) in [5.41, 5.74) is 3.84. The SMILES string of the molecule is COc1ccc(C2CN(C)Cc3cc(OCC4CCN(CC(F)(F)F)CC4)ccc32)cc1. The van der Waals surface area contributed by atoms with Crippen LogP contribution in [0.25, 0.3) is 0 Å². The maximum atomic E-state index is 12.6. The summed E-state index contributed by atoms with van der Waals surface area (Å²) in [6, 6.07) is 14.6. The van der Waals surface area contributed by atoms with Gasteiger partial charge in [-0.25, -0.2) is 0 Å². The lowest BCUT2D eigenvalue weighted by atomic mass is 9.84. The molecule has 1 unspecified atom stereocenters. The zero-order valence-electron chi connectivity index (χ0n) is 18.7. The Morgan fingerprint density at radius 2 is 1.69 bits per heavy atom. The van der Waals surface area contributed by atoms with E-state index in [1.165, 1.54) is 21.6 Å². The van der Waals surface area contributed by atoms with Gasteiger partial charge in [0.05, 0.1) is 20.3 Å². The molecule has 0 N–H and O–H groups in total. The predicted octanol–water partition coefficient (Wildman–Crippen LogP) is 4.93. The second kappa shape index (κ2) is 9.71. The number of methoxy groups -OCH3 is 1. The number of likely N-dealkylation sites (N-methyl/N-ethyl adjacent to an activating group) is 1. The van der Waals surface area contributed by atoms with Crippen LogP contribution in [-0.2, 0) is 6.54 Å². The molecular weight excluding hydrogens is 417 g/mol. The molecule has 1 fully saturated rings. The van der Waals surface area contributed by atoms with Crippen LogP contribution in [0.2, 0.25) is 0 Å². The summed E-state index contributed by atoms with van der Waals surface area (Å²) >= 11 is 0. The number of rotatable bonds is 6. The summed E-state index contributed by atoms with van der Waals surface area (Å²) < 4.78 is 49.1. The molecule has 2 heterocycles. The van der Waals surface area contributed by atoms with Crippen molar-refractivity contribution in [3.8, 4) is 11.5 Å². The van der Waals surface area contributed by atoms with Gasteiger partial charge in [0, 0.05) is 19.0 Å². The average molecular weight is 449 g/mol. The average Bonchev–Trinajstić information content (AvgIpc) is 2.77. The first-order valence-electron chi connectivity index (χ1n) is 11.2. The molecule has 0 saturated carbocycles. The van der Waals surface area contributed by atoms with Gasteiger partial charge in [0.2, 0.25) is 0 Å². The number of halogens is 3. The Hall–Kier alpha value is -2.25. The maximum absolute atomic E-state index is 12.6. The molecular formula is C25H31F3N2O2. The number of fused-ring (bicyclic) bond motifs is 1. The highest BCUT2D eigenvalue weighted by atomic mass is 19.4. The summed E-state index contributed by atoms with van der Waals surface area (Å²) in [5.74, 6) is 2.28. The van der Waals surface area contributed by atoms with E-state index in [1.54, 1.807) is 7.11 Å². The van der Waals surface area contributed by atoms with Gasteiger partial charge in [-0.3, -0.25) is 4.90 Å². The van der Waals surface area contributed by atoms with Gasteiger partial charge in [-0.05, 0) is 79.9 Å². The van der Waals surface area contributed by atoms with E-state index in [9.17, 15) is 13.2 Å². The number of alkyl halides is 3. The number of ether oxygens (including phenoxy) is 2. The van der Waals surface area contributed by atoms with Crippen molar-refractivity contribution < 1.29 is 22.6 Å². The van der Waals surface area contributed by atoms with E-state index in [0.29, 0.717) is 31.5 Å². The predicted molar refractivity (Wildman–Crippen MR) is 118 cm³/mol. The second-order valence-corrected chi connectivity index (χ2v) is 9.03. The molecule has 32 heavy (non-hydrogen) atoms. The van der Waals surface area contributed by atoms with E-state index in [-0.39, 0.29) is 0 Å². The molecule has 2 aliphatic heterocycles. The van der Waals surface area contributed by atoms with Crippen molar-refractivity contribution in [1.29, 1.82) is 0 Å². The Balaban J connectivity index is 1.37. The molecule has 4 rings (SSSR count). The number of hydrogen-bond donors (Lipinski definition) is 0. The Morgan fingerprint density at radius 1 is 1.00 bits per heavy atom. The lowest BCUT2D eigenvalue weighted by Crippen LogP contribution is -2.41. The van der Waals surface area contributed by atoms with Crippen LogP contribution in [0.4, 0.5) is 13.2 Å². The van der Waals surface area contributed by atoms with Crippen molar-refractivity contribution in [3.05, 3.63) is 59.2 Å². The van der Waals surface area contributed by atoms with Gasteiger partial charge in [0.15, 0.2) is 0 Å². The van der Waals surface area contributed by atoms with Crippen LogP contribution >= 0.6 is 0 Å². The van der Waals surface area contributed by atoms with Crippen molar-refractivity contribution in [1.82, 2.24) is 9.80 Å². The molecule has 0 aliphatic carbocycles. The first-order chi connectivity index (χ1) is 15.3. The standard InChI is InChI=1S/C25H31F3N2O2/c1-29-14-20-13-22(32-16-18-9-11-30(12-10-18)17-25(26,27)28)7-8-23(20)24(15-29)19-3-5-21(31-2)6-4-19/h3-8,13,18,24H,9-12,14-17H2,1-2H3. The zero-order valence-corrected chi connectivity index (χ0v) is 18.7. The van der Waals surface area contributed by atoms with Crippen LogP contribution in [0, 0.1) is 5.92 Å². The van der Waals surface area contributed by atoms with E-state index >= 15 is 0 Å². The summed E-state index contributed by atoms with van der Waals surface area (Å²) in [7, 11) is 3.80. The third-order valence-corrected chi connectivity index (χ3v) is 6.54. The first-order valence-corrected chi connectivity index (χ1v) is 11.2. The van der Waals surface area contributed by atoms with E-state index in [1.807, 2.05) is 18.2 Å². The van der Waals surface area contributed by atoms with Gasteiger partial charge in [-0.2, -0.15) is 13.2 Å². The van der Waals surface area contributed by atoms with Crippen LogP contribution in [0.15, 0.2) is 42.5 Å². The summed E-state index contributed by atoms with van der Waals surface area (Å²) in [6.45, 7) is 2.52. The number of nitrogens with zero attached hydrogens (tertiary/aromatic N) is 2. The van der Waals surface area contributed by atoms with Crippen LogP contribution < -0.4 is 9.47 Å². The molecule has 1 saturated heterocycles. The number of hydrogen-bond acceptors (Lipinski definition) is 4. The van der Waals surface area contributed by atoms with Gasteiger partial charge >= 0.3 is 6.18 Å². The third kappa shape index (κ3) is 5.75. The van der Waals surface area contributed by atoms with Crippen LogP contribution in [0.1, 0.15) is 35.4 Å². The molecule has 2 aliphatic rings. The molecule has 2 aromatic rings. The summed E-state index contributed by atoms with van der Waals surface area (Å²) in [6.07, 6.45) is -2.64. The van der Waals surface area contributed by atoms with Gasteiger partial charge in [0.1, 0.15) is 11.5 Å². The number of benzene rings is 2. The molecule has 7 heteroatoms. The minimum absolute atomic E-state index is 0.293. The Labute approximate surface area is 187 Å². The molecule has 2 aromatic carbocycles. The number of likely N-dealkylation sites (tertiary alicyclic amines) is 1. The van der Waals surface area contributed by atoms with E-state index in [0.717, 1.165) is 37.4 Å². The molecule has 4 nitrogen and oxygen atoms in total. The summed E-state index contributed by atoms with van der Waals surface area (Å²) in [5, 5.41) is 0. The smallest absolute Gasteiger partial charge is 0.401 e. The molecule has 0 radical (unpaired) electrons.